The minimum atomic E-state index is 0.450. The molecule has 0 saturated heterocycles. The fourth-order valence-electron chi connectivity index (χ4n) is 1.93. The van der Waals surface area contributed by atoms with Crippen LogP contribution in [-0.2, 0) is 18.2 Å². The molecule has 0 radical (unpaired) electrons. The van der Waals surface area contributed by atoms with E-state index in [4.69, 9.17) is 4.74 Å². The van der Waals surface area contributed by atoms with Gasteiger partial charge in [-0.15, -0.1) is 0 Å². The largest absolute Gasteiger partial charge is 0.380 e. The molecule has 1 N–H and O–H groups in total. The quantitative estimate of drug-likeness (QED) is 0.649. The van der Waals surface area contributed by atoms with Crippen LogP contribution >= 0.6 is 0 Å². The maximum atomic E-state index is 5.66. The smallest absolute Gasteiger partial charge is 0.0619 e. The Hall–Kier alpha value is -0.870. The van der Waals surface area contributed by atoms with E-state index >= 15 is 0 Å². The van der Waals surface area contributed by atoms with Gasteiger partial charge < -0.3 is 10.1 Å². The van der Waals surface area contributed by atoms with Crippen LogP contribution < -0.4 is 5.32 Å². The first-order valence-electron chi connectivity index (χ1n) is 7.05. The van der Waals surface area contributed by atoms with Gasteiger partial charge in [0.25, 0.3) is 0 Å². The van der Waals surface area contributed by atoms with Crippen molar-refractivity contribution in [2.45, 2.75) is 45.6 Å². The van der Waals surface area contributed by atoms with Crippen molar-refractivity contribution in [3.63, 3.8) is 0 Å². The van der Waals surface area contributed by atoms with Gasteiger partial charge in [-0.2, -0.15) is 5.10 Å². The maximum Gasteiger partial charge on any atom is 0.0619 e. The van der Waals surface area contributed by atoms with Gasteiger partial charge in [0.05, 0.1) is 6.61 Å². The number of nitrogens with zero attached hydrogens (tertiary/aromatic N) is 2. The molecule has 0 aliphatic rings. The predicted molar refractivity (Wildman–Crippen MR) is 74.7 cm³/mol. The number of rotatable bonds is 10. The molecule has 0 saturated carbocycles. The summed E-state index contributed by atoms with van der Waals surface area (Å²) in [4.78, 5) is 0. The molecule has 0 aromatic carbocycles. The Morgan fingerprint density at radius 1 is 1.39 bits per heavy atom. The predicted octanol–water partition coefficient (Wildman–Crippen LogP) is 2.15. The molecule has 1 heterocycles. The van der Waals surface area contributed by atoms with Gasteiger partial charge in [0.15, 0.2) is 0 Å². The minimum Gasteiger partial charge on any atom is -0.380 e. The third kappa shape index (κ3) is 5.65. The molecule has 1 atom stereocenters. The first-order chi connectivity index (χ1) is 8.77. The molecule has 0 amide bonds. The molecule has 104 valence electrons. The standard InChI is InChI=1S/C14H27N3O/c1-4-9-15-13(12-18-11-5-2)6-7-14-8-10-16-17(14)3/h8,10,13,15H,4-7,9,11-12H2,1-3H3. The van der Waals surface area contributed by atoms with Crippen LogP contribution in [0, 0.1) is 0 Å². The molecule has 4 heteroatoms. The van der Waals surface area contributed by atoms with Gasteiger partial charge in [-0.25, -0.2) is 0 Å². The van der Waals surface area contributed by atoms with Crippen LogP contribution in [0.15, 0.2) is 12.3 Å². The van der Waals surface area contributed by atoms with Crippen molar-refractivity contribution < 1.29 is 4.74 Å². The van der Waals surface area contributed by atoms with E-state index in [1.807, 2.05) is 17.9 Å². The molecule has 1 aromatic heterocycles. The summed E-state index contributed by atoms with van der Waals surface area (Å²) in [7, 11) is 2.00. The van der Waals surface area contributed by atoms with Crippen molar-refractivity contribution in [3.05, 3.63) is 18.0 Å². The Kier molecular flexibility index (Phi) is 7.69. The highest BCUT2D eigenvalue weighted by atomic mass is 16.5. The second-order valence-electron chi connectivity index (χ2n) is 4.71. The molecule has 1 aromatic rings. The molecular weight excluding hydrogens is 226 g/mol. The second-order valence-corrected chi connectivity index (χ2v) is 4.71. The highest BCUT2D eigenvalue weighted by Gasteiger charge is 2.09. The van der Waals surface area contributed by atoms with Crippen LogP contribution in [0.4, 0.5) is 0 Å². The molecule has 0 aliphatic carbocycles. The van der Waals surface area contributed by atoms with E-state index < -0.39 is 0 Å². The van der Waals surface area contributed by atoms with E-state index in [9.17, 15) is 0 Å². The Balaban J connectivity index is 2.32. The molecular formula is C14H27N3O. The Bertz CT molecular complexity index is 312. The molecule has 0 spiro atoms. The van der Waals surface area contributed by atoms with Gasteiger partial charge >= 0.3 is 0 Å². The van der Waals surface area contributed by atoms with Gasteiger partial charge in [0.2, 0.25) is 0 Å². The van der Waals surface area contributed by atoms with E-state index in [1.54, 1.807) is 0 Å². The van der Waals surface area contributed by atoms with E-state index in [-0.39, 0.29) is 0 Å². The van der Waals surface area contributed by atoms with Crippen molar-refractivity contribution in [1.29, 1.82) is 0 Å². The van der Waals surface area contributed by atoms with Crippen molar-refractivity contribution in [2.75, 3.05) is 19.8 Å². The fraction of sp³-hybridized carbons (Fsp3) is 0.786. The topological polar surface area (TPSA) is 39.1 Å². The lowest BCUT2D eigenvalue weighted by Crippen LogP contribution is -2.34. The number of nitrogens with one attached hydrogen (secondary N) is 1. The highest BCUT2D eigenvalue weighted by Crippen LogP contribution is 2.05. The monoisotopic (exact) mass is 253 g/mol. The zero-order chi connectivity index (χ0) is 13.2. The van der Waals surface area contributed by atoms with Crippen molar-refractivity contribution in [1.82, 2.24) is 15.1 Å². The lowest BCUT2D eigenvalue weighted by Gasteiger charge is -2.18. The van der Waals surface area contributed by atoms with Gasteiger partial charge in [0.1, 0.15) is 0 Å². The van der Waals surface area contributed by atoms with Crippen LogP contribution in [0.3, 0.4) is 0 Å². The molecule has 1 unspecified atom stereocenters. The number of hydrogen-bond acceptors (Lipinski definition) is 3. The summed E-state index contributed by atoms with van der Waals surface area (Å²) in [6, 6.07) is 2.54. The van der Waals surface area contributed by atoms with Gasteiger partial charge in [-0.05, 0) is 38.3 Å². The maximum absolute atomic E-state index is 5.66. The van der Waals surface area contributed by atoms with Crippen LogP contribution in [0.5, 0.6) is 0 Å². The second kappa shape index (κ2) is 9.11. The van der Waals surface area contributed by atoms with Crippen LogP contribution in [0.1, 0.15) is 38.8 Å². The van der Waals surface area contributed by atoms with E-state index in [2.05, 4.69) is 30.3 Å². The normalized spacial score (nSPS) is 12.8. The highest BCUT2D eigenvalue weighted by molar-refractivity contribution is 5.00. The fourth-order valence-corrected chi connectivity index (χ4v) is 1.93. The zero-order valence-electron chi connectivity index (χ0n) is 12.0. The number of aromatic nitrogens is 2. The zero-order valence-corrected chi connectivity index (χ0v) is 12.0. The van der Waals surface area contributed by atoms with Crippen LogP contribution in [0.25, 0.3) is 0 Å². The number of ether oxygens (including phenoxy) is 1. The van der Waals surface area contributed by atoms with Crippen LogP contribution in [-0.4, -0.2) is 35.6 Å². The molecule has 18 heavy (non-hydrogen) atoms. The van der Waals surface area contributed by atoms with Crippen molar-refractivity contribution in [2.24, 2.45) is 7.05 Å². The summed E-state index contributed by atoms with van der Waals surface area (Å²) in [5.41, 5.74) is 1.29. The Labute approximate surface area is 111 Å². The number of hydrogen-bond donors (Lipinski definition) is 1. The minimum absolute atomic E-state index is 0.450. The van der Waals surface area contributed by atoms with Crippen molar-refractivity contribution >= 4 is 0 Å². The van der Waals surface area contributed by atoms with E-state index in [0.717, 1.165) is 45.4 Å². The summed E-state index contributed by atoms with van der Waals surface area (Å²) >= 11 is 0. The lowest BCUT2D eigenvalue weighted by atomic mass is 10.1. The number of aryl methyl sites for hydroxylation is 2. The SMILES string of the molecule is CCCNC(CCc1ccnn1C)COCCC. The summed E-state index contributed by atoms with van der Waals surface area (Å²) in [5, 5.41) is 7.75. The Morgan fingerprint density at radius 3 is 2.83 bits per heavy atom. The third-order valence-corrected chi connectivity index (χ3v) is 3.02. The van der Waals surface area contributed by atoms with E-state index in [1.165, 1.54) is 5.69 Å². The van der Waals surface area contributed by atoms with Gasteiger partial charge in [-0.3, -0.25) is 4.68 Å². The summed E-state index contributed by atoms with van der Waals surface area (Å²) < 4.78 is 7.61. The average molecular weight is 253 g/mol. The molecule has 4 nitrogen and oxygen atoms in total. The van der Waals surface area contributed by atoms with Crippen LogP contribution in [0.2, 0.25) is 0 Å². The Morgan fingerprint density at radius 2 is 2.22 bits per heavy atom. The first kappa shape index (κ1) is 15.2. The first-order valence-corrected chi connectivity index (χ1v) is 7.05. The summed E-state index contributed by atoms with van der Waals surface area (Å²) in [6.45, 7) is 7.06. The van der Waals surface area contributed by atoms with E-state index in [0.29, 0.717) is 6.04 Å². The molecule has 0 bridgehead atoms. The third-order valence-electron chi connectivity index (χ3n) is 3.02. The molecule has 0 aliphatic heterocycles. The summed E-state index contributed by atoms with van der Waals surface area (Å²) in [5.74, 6) is 0. The average Bonchev–Trinajstić information content (AvgIpc) is 2.78. The van der Waals surface area contributed by atoms with Gasteiger partial charge in [0, 0.05) is 31.6 Å². The van der Waals surface area contributed by atoms with Crippen molar-refractivity contribution in [3.8, 4) is 0 Å². The molecule has 1 rings (SSSR count). The molecule has 0 fully saturated rings. The lowest BCUT2D eigenvalue weighted by molar-refractivity contribution is 0.109. The summed E-state index contributed by atoms with van der Waals surface area (Å²) in [6.07, 6.45) is 6.26. The van der Waals surface area contributed by atoms with Gasteiger partial charge in [-0.1, -0.05) is 13.8 Å².